The molecule has 1 amide bonds. The van der Waals surface area contributed by atoms with Crippen LogP contribution in [0.3, 0.4) is 0 Å². The summed E-state index contributed by atoms with van der Waals surface area (Å²) < 4.78 is 23.1. The molecule has 0 aromatic carbocycles. The van der Waals surface area contributed by atoms with Crippen LogP contribution < -0.4 is 5.32 Å². The van der Waals surface area contributed by atoms with Gasteiger partial charge in [-0.25, -0.2) is 8.42 Å². The maximum absolute atomic E-state index is 12.5. The molecule has 2 saturated heterocycles. The number of sulfone groups is 1. The lowest BCUT2D eigenvalue weighted by atomic mass is 10.1. The van der Waals surface area contributed by atoms with Gasteiger partial charge in [0.15, 0.2) is 9.84 Å². The third kappa shape index (κ3) is 2.53. The van der Waals surface area contributed by atoms with E-state index in [9.17, 15) is 13.2 Å². The molecule has 0 radical (unpaired) electrons. The summed E-state index contributed by atoms with van der Waals surface area (Å²) in [5.74, 6) is 2.14. The highest BCUT2D eigenvalue weighted by atomic mass is 32.2. The fraction of sp³-hybridized carbons (Fsp3) is 0.909. The van der Waals surface area contributed by atoms with Crippen LogP contribution in [0.1, 0.15) is 19.3 Å². The maximum atomic E-state index is 12.5. The summed E-state index contributed by atoms with van der Waals surface area (Å²) in [6, 6.07) is 0.101. The van der Waals surface area contributed by atoms with E-state index in [0.29, 0.717) is 12.5 Å². The zero-order chi connectivity index (χ0) is 12.8. The van der Waals surface area contributed by atoms with E-state index in [-0.39, 0.29) is 29.5 Å². The minimum Gasteiger partial charge on any atom is -0.334 e. The molecule has 0 aromatic rings. The standard InChI is InChI=1S/C11H18N2O3S2/c14-11(10-5-17-7-12-10)13(8-1-2-8)9-3-4-18(15,16)6-9/h8-10,12H,1-7H2. The molecule has 5 nitrogen and oxygen atoms in total. The second-order valence-electron chi connectivity index (χ2n) is 5.31. The largest absolute Gasteiger partial charge is 0.334 e. The fourth-order valence-corrected chi connectivity index (χ4v) is 5.38. The van der Waals surface area contributed by atoms with Crippen molar-refractivity contribution < 1.29 is 13.2 Å². The van der Waals surface area contributed by atoms with Gasteiger partial charge in [-0.3, -0.25) is 10.1 Å². The highest BCUT2D eigenvalue weighted by Crippen LogP contribution is 2.33. The van der Waals surface area contributed by atoms with E-state index in [1.807, 2.05) is 4.90 Å². The van der Waals surface area contributed by atoms with Gasteiger partial charge in [-0.2, -0.15) is 0 Å². The molecule has 2 unspecified atom stereocenters. The van der Waals surface area contributed by atoms with Crippen LogP contribution in [0, 0.1) is 0 Å². The summed E-state index contributed by atoms with van der Waals surface area (Å²) in [5, 5.41) is 3.19. The van der Waals surface area contributed by atoms with Crippen LogP contribution in [-0.4, -0.2) is 60.5 Å². The summed E-state index contributed by atoms with van der Waals surface area (Å²) in [6.45, 7) is 0. The van der Waals surface area contributed by atoms with Gasteiger partial charge < -0.3 is 4.90 Å². The van der Waals surface area contributed by atoms with Crippen LogP contribution in [0.5, 0.6) is 0 Å². The Labute approximate surface area is 112 Å². The van der Waals surface area contributed by atoms with Crippen molar-refractivity contribution >= 4 is 27.5 Å². The summed E-state index contributed by atoms with van der Waals surface area (Å²) in [5.41, 5.74) is 0. The number of thioether (sulfide) groups is 1. The van der Waals surface area contributed by atoms with Crippen LogP contribution in [0.25, 0.3) is 0 Å². The quantitative estimate of drug-likeness (QED) is 0.781. The van der Waals surface area contributed by atoms with Gasteiger partial charge in [0.1, 0.15) is 0 Å². The maximum Gasteiger partial charge on any atom is 0.241 e. The monoisotopic (exact) mass is 290 g/mol. The Kier molecular flexibility index (Phi) is 3.32. The van der Waals surface area contributed by atoms with Gasteiger partial charge in [0.25, 0.3) is 0 Å². The minimum atomic E-state index is -2.92. The highest BCUT2D eigenvalue weighted by Gasteiger charge is 2.44. The molecule has 3 rings (SSSR count). The second kappa shape index (κ2) is 4.68. The Morgan fingerprint density at radius 3 is 2.50 bits per heavy atom. The number of hydrogen-bond donors (Lipinski definition) is 1. The number of nitrogens with zero attached hydrogens (tertiary/aromatic N) is 1. The van der Waals surface area contributed by atoms with E-state index in [1.54, 1.807) is 11.8 Å². The minimum absolute atomic E-state index is 0.0811. The van der Waals surface area contributed by atoms with Crippen LogP contribution in [0.15, 0.2) is 0 Å². The van der Waals surface area contributed by atoms with E-state index < -0.39 is 9.84 Å². The molecule has 18 heavy (non-hydrogen) atoms. The summed E-state index contributed by atoms with van der Waals surface area (Å²) in [4.78, 5) is 14.4. The Balaban J connectivity index is 1.74. The van der Waals surface area contributed by atoms with Crippen molar-refractivity contribution in [3.05, 3.63) is 0 Å². The molecule has 7 heteroatoms. The zero-order valence-corrected chi connectivity index (χ0v) is 11.8. The molecule has 1 saturated carbocycles. The number of rotatable bonds is 3. The third-order valence-electron chi connectivity index (χ3n) is 3.81. The van der Waals surface area contributed by atoms with E-state index in [2.05, 4.69) is 5.32 Å². The summed E-state index contributed by atoms with van der Waals surface area (Å²) >= 11 is 1.73. The van der Waals surface area contributed by atoms with Gasteiger partial charge >= 0.3 is 0 Å². The summed E-state index contributed by atoms with van der Waals surface area (Å²) in [6.07, 6.45) is 2.68. The number of carbonyl (C=O) groups is 1. The smallest absolute Gasteiger partial charge is 0.241 e. The topological polar surface area (TPSA) is 66.5 Å². The van der Waals surface area contributed by atoms with Crippen LogP contribution >= 0.6 is 11.8 Å². The zero-order valence-electron chi connectivity index (χ0n) is 10.2. The van der Waals surface area contributed by atoms with Crippen LogP contribution in [0.2, 0.25) is 0 Å². The Morgan fingerprint density at radius 1 is 1.22 bits per heavy atom. The Hall–Kier alpha value is -0.270. The predicted octanol–water partition coefficient (Wildman–Crippen LogP) is -0.173. The van der Waals surface area contributed by atoms with Crippen molar-refractivity contribution in [3.63, 3.8) is 0 Å². The molecule has 0 spiro atoms. The van der Waals surface area contributed by atoms with Crippen molar-refractivity contribution in [1.82, 2.24) is 10.2 Å². The molecular formula is C11H18N2O3S2. The van der Waals surface area contributed by atoms with Crippen LogP contribution in [0.4, 0.5) is 0 Å². The number of hydrogen-bond acceptors (Lipinski definition) is 5. The van der Waals surface area contributed by atoms with Crippen molar-refractivity contribution in [2.45, 2.75) is 37.4 Å². The summed E-state index contributed by atoms with van der Waals surface area (Å²) in [7, 11) is -2.92. The SMILES string of the molecule is O=C(C1CSCN1)N(C1CC1)C1CCS(=O)(=O)C1. The van der Waals surface area contributed by atoms with Crippen molar-refractivity contribution in [2.24, 2.45) is 0 Å². The first-order valence-corrected chi connectivity index (χ1v) is 9.38. The van der Waals surface area contributed by atoms with E-state index in [4.69, 9.17) is 0 Å². The highest BCUT2D eigenvalue weighted by molar-refractivity contribution is 7.99. The molecule has 3 fully saturated rings. The molecule has 1 aliphatic carbocycles. The van der Waals surface area contributed by atoms with Crippen molar-refractivity contribution in [2.75, 3.05) is 23.1 Å². The lowest BCUT2D eigenvalue weighted by Gasteiger charge is -2.30. The first kappa shape index (κ1) is 12.7. The molecule has 102 valence electrons. The molecule has 0 aromatic heterocycles. The molecule has 2 atom stereocenters. The Bertz CT molecular complexity index is 441. The predicted molar refractivity (Wildman–Crippen MR) is 71.2 cm³/mol. The van der Waals surface area contributed by atoms with Gasteiger partial charge in [-0.05, 0) is 19.3 Å². The van der Waals surface area contributed by atoms with Crippen LogP contribution in [-0.2, 0) is 14.6 Å². The van der Waals surface area contributed by atoms with Gasteiger partial charge in [0.05, 0.1) is 17.5 Å². The first-order chi connectivity index (χ1) is 8.57. The van der Waals surface area contributed by atoms with Gasteiger partial charge in [0.2, 0.25) is 5.91 Å². The van der Waals surface area contributed by atoms with Gasteiger partial charge in [-0.1, -0.05) is 0 Å². The van der Waals surface area contributed by atoms with E-state index in [1.165, 1.54) is 0 Å². The Morgan fingerprint density at radius 2 is 2.00 bits per heavy atom. The van der Waals surface area contributed by atoms with Gasteiger partial charge in [-0.15, -0.1) is 11.8 Å². The average Bonchev–Trinajstić information content (AvgIpc) is 2.87. The molecule has 3 aliphatic rings. The van der Waals surface area contributed by atoms with Gasteiger partial charge in [0, 0.05) is 23.7 Å². The molecule has 2 heterocycles. The third-order valence-corrected chi connectivity index (χ3v) is 6.50. The van der Waals surface area contributed by atoms with E-state index >= 15 is 0 Å². The lowest BCUT2D eigenvalue weighted by molar-refractivity contribution is -0.135. The fourth-order valence-electron chi connectivity index (χ4n) is 2.74. The average molecular weight is 290 g/mol. The molecule has 0 bridgehead atoms. The first-order valence-electron chi connectivity index (χ1n) is 6.40. The molecule has 2 aliphatic heterocycles. The normalized spacial score (nSPS) is 34.7. The van der Waals surface area contributed by atoms with Crippen molar-refractivity contribution in [1.29, 1.82) is 0 Å². The lowest BCUT2D eigenvalue weighted by Crippen LogP contribution is -2.51. The number of carbonyl (C=O) groups excluding carboxylic acids is 1. The second-order valence-corrected chi connectivity index (χ2v) is 8.56. The van der Waals surface area contributed by atoms with Crippen molar-refractivity contribution in [3.8, 4) is 0 Å². The number of nitrogens with one attached hydrogen (secondary N) is 1. The molecule has 1 N–H and O–H groups in total. The molecular weight excluding hydrogens is 272 g/mol. The number of amides is 1. The van der Waals surface area contributed by atoms with E-state index in [0.717, 1.165) is 24.5 Å².